The number of benzene rings is 3. The van der Waals surface area contributed by atoms with Crippen LogP contribution < -0.4 is 9.47 Å². The molecule has 0 bridgehead atoms. The van der Waals surface area contributed by atoms with E-state index < -0.39 is 0 Å². The summed E-state index contributed by atoms with van der Waals surface area (Å²) in [5.74, 6) is 2.40. The Morgan fingerprint density at radius 2 is 1.56 bits per heavy atom. The van der Waals surface area contributed by atoms with Gasteiger partial charge < -0.3 is 19.7 Å². The highest BCUT2D eigenvalue weighted by molar-refractivity contribution is 5.40. The largest absolute Gasteiger partial charge is 0.508 e. The molecule has 0 unspecified atom stereocenters. The molecule has 142 valence electrons. The molecule has 2 N–H and O–H groups in total. The Morgan fingerprint density at radius 1 is 0.852 bits per heavy atom. The van der Waals surface area contributed by atoms with Crippen LogP contribution in [0.4, 0.5) is 0 Å². The lowest BCUT2D eigenvalue weighted by Gasteiger charge is -2.16. The molecule has 4 nitrogen and oxygen atoms in total. The molecule has 4 rings (SSSR count). The zero-order valence-electron chi connectivity index (χ0n) is 15.8. The molecule has 1 heterocycles. The van der Waals surface area contributed by atoms with Gasteiger partial charge >= 0.3 is 0 Å². The minimum absolute atomic E-state index is 0.283. The zero-order chi connectivity index (χ0) is 19.5. The molecule has 1 aliphatic rings. The lowest BCUT2D eigenvalue weighted by atomic mass is 10.1. The second-order valence-electron chi connectivity index (χ2n) is 6.05. The monoisotopic (exact) mass is 366 g/mol. The van der Waals surface area contributed by atoms with Crippen molar-refractivity contribution in [1.82, 2.24) is 0 Å². The van der Waals surface area contributed by atoms with Gasteiger partial charge in [-0.05, 0) is 55.2 Å². The summed E-state index contributed by atoms with van der Waals surface area (Å²) in [4.78, 5) is 0. The van der Waals surface area contributed by atoms with Crippen molar-refractivity contribution in [3.05, 3.63) is 83.9 Å². The molecule has 1 aliphatic heterocycles. The zero-order valence-corrected chi connectivity index (χ0v) is 15.8. The van der Waals surface area contributed by atoms with E-state index in [1.807, 2.05) is 43.3 Å². The molecule has 0 spiro atoms. The molecule has 0 aliphatic carbocycles. The summed E-state index contributed by atoms with van der Waals surface area (Å²) < 4.78 is 10.4. The molecular weight excluding hydrogens is 340 g/mol. The van der Waals surface area contributed by atoms with Gasteiger partial charge in [-0.1, -0.05) is 42.5 Å². The van der Waals surface area contributed by atoms with Crippen molar-refractivity contribution in [1.29, 1.82) is 0 Å². The number of aromatic hydroxyl groups is 2. The maximum atomic E-state index is 9.11. The molecule has 0 fully saturated rings. The van der Waals surface area contributed by atoms with E-state index in [1.165, 1.54) is 11.1 Å². The van der Waals surface area contributed by atoms with Crippen molar-refractivity contribution in [3.8, 4) is 23.0 Å². The fourth-order valence-corrected chi connectivity index (χ4v) is 2.54. The fraction of sp³-hybridized carbons (Fsp3) is 0.217. The maximum Gasteiger partial charge on any atom is 0.126 e. The first-order chi connectivity index (χ1) is 13.1. The molecule has 0 amide bonds. The number of rotatable bonds is 1. The van der Waals surface area contributed by atoms with Crippen molar-refractivity contribution in [3.63, 3.8) is 0 Å². The maximum absolute atomic E-state index is 9.11. The van der Waals surface area contributed by atoms with Crippen molar-refractivity contribution in [2.24, 2.45) is 0 Å². The van der Waals surface area contributed by atoms with Gasteiger partial charge in [0.05, 0.1) is 13.7 Å². The Labute approximate surface area is 160 Å². The summed E-state index contributed by atoms with van der Waals surface area (Å²) in [5.41, 5.74) is 2.38. The third kappa shape index (κ3) is 6.94. The Kier molecular flexibility index (Phi) is 8.04. The summed E-state index contributed by atoms with van der Waals surface area (Å²) in [6.07, 6.45) is 2.15. The molecule has 0 saturated heterocycles. The first kappa shape index (κ1) is 20.2. The van der Waals surface area contributed by atoms with E-state index in [4.69, 9.17) is 19.7 Å². The van der Waals surface area contributed by atoms with E-state index in [0.29, 0.717) is 5.75 Å². The van der Waals surface area contributed by atoms with Crippen molar-refractivity contribution in [2.45, 2.75) is 19.8 Å². The minimum Gasteiger partial charge on any atom is -0.508 e. The van der Waals surface area contributed by atoms with Crippen LogP contribution in [-0.2, 0) is 6.42 Å². The average Bonchev–Trinajstić information content (AvgIpc) is 2.70. The van der Waals surface area contributed by atoms with E-state index in [2.05, 4.69) is 0 Å². The quantitative estimate of drug-likeness (QED) is 0.628. The lowest BCUT2D eigenvalue weighted by Crippen LogP contribution is -2.07. The van der Waals surface area contributed by atoms with E-state index >= 15 is 0 Å². The third-order valence-corrected chi connectivity index (χ3v) is 3.97. The molecule has 0 radical (unpaired) electrons. The van der Waals surface area contributed by atoms with Crippen LogP contribution in [0.15, 0.2) is 72.8 Å². The molecular formula is C23H26O4. The molecule has 4 heteroatoms. The van der Waals surface area contributed by atoms with Gasteiger partial charge in [-0.25, -0.2) is 0 Å². The highest BCUT2D eigenvalue weighted by Gasteiger charge is 2.09. The summed E-state index contributed by atoms with van der Waals surface area (Å²) in [6.45, 7) is 2.80. The molecule has 3 aromatic rings. The van der Waals surface area contributed by atoms with Gasteiger partial charge in [-0.15, -0.1) is 0 Å². The van der Waals surface area contributed by atoms with Crippen LogP contribution in [0.3, 0.4) is 0 Å². The third-order valence-electron chi connectivity index (χ3n) is 3.97. The number of fused-ring (bicyclic) bond motifs is 1. The van der Waals surface area contributed by atoms with Crippen LogP contribution in [0.2, 0.25) is 0 Å². The molecule has 0 saturated carbocycles. The summed E-state index contributed by atoms with van der Waals surface area (Å²) in [5, 5.41) is 17.7. The van der Waals surface area contributed by atoms with Gasteiger partial charge in [-0.2, -0.15) is 0 Å². The van der Waals surface area contributed by atoms with E-state index in [0.717, 1.165) is 30.9 Å². The number of phenolic OH excluding ortho intramolecular Hbond substituents is 2. The van der Waals surface area contributed by atoms with Crippen LogP contribution in [0.25, 0.3) is 0 Å². The topological polar surface area (TPSA) is 58.9 Å². The van der Waals surface area contributed by atoms with Gasteiger partial charge in [0.25, 0.3) is 0 Å². The first-order valence-corrected chi connectivity index (χ1v) is 8.88. The SMILES string of the molecule is COc1ccccc1C.Oc1ccc2c(c1)OCCC2.Oc1ccccc1. The van der Waals surface area contributed by atoms with Crippen molar-refractivity contribution >= 4 is 0 Å². The molecule has 27 heavy (non-hydrogen) atoms. The Hall–Kier alpha value is -3.14. The predicted molar refractivity (Wildman–Crippen MR) is 108 cm³/mol. The van der Waals surface area contributed by atoms with Gasteiger partial charge in [0.1, 0.15) is 23.0 Å². The van der Waals surface area contributed by atoms with Gasteiger partial charge in [0, 0.05) is 6.07 Å². The summed E-state index contributed by atoms with van der Waals surface area (Å²) >= 11 is 0. The first-order valence-electron chi connectivity index (χ1n) is 8.88. The van der Waals surface area contributed by atoms with Crippen LogP contribution in [0, 0.1) is 6.92 Å². The van der Waals surface area contributed by atoms with Gasteiger partial charge in [0.15, 0.2) is 0 Å². The second-order valence-corrected chi connectivity index (χ2v) is 6.05. The normalized spacial score (nSPS) is 11.5. The predicted octanol–water partition coefficient (Wildman–Crippen LogP) is 5.11. The minimum atomic E-state index is 0.283. The second kappa shape index (κ2) is 10.8. The number of para-hydroxylation sites is 2. The molecule has 0 aromatic heterocycles. The number of phenols is 2. The molecule has 3 aromatic carbocycles. The van der Waals surface area contributed by atoms with Crippen LogP contribution >= 0.6 is 0 Å². The highest BCUT2D eigenvalue weighted by atomic mass is 16.5. The highest BCUT2D eigenvalue weighted by Crippen LogP contribution is 2.27. The number of aryl methyl sites for hydroxylation is 2. The number of ether oxygens (including phenoxy) is 2. The van der Waals surface area contributed by atoms with Crippen molar-refractivity contribution in [2.75, 3.05) is 13.7 Å². The average molecular weight is 366 g/mol. The standard InChI is InChI=1S/C9H10O2.C8H10O.C6H6O/c10-8-4-3-7-2-1-5-11-9(7)6-8;1-7-5-3-4-6-8(7)9-2;7-6-4-2-1-3-5-6/h3-4,6,10H,1-2,5H2;3-6H,1-2H3;1-5,7H. The molecule has 0 atom stereocenters. The Bertz CT molecular complexity index is 816. The Balaban J connectivity index is 0.000000149. The van der Waals surface area contributed by atoms with E-state index in [1.54, 1.807) is 43.5 Å². The van der Waals surface area contributed by atoms with Crippen LogP contribution in [-0.4, -0.2) is 23.9 Å². The van der Waals surface area contributed by atoms with E-state index in [-0.39, 0.29) is 5.75 Å². The number of hydrogen-bond donors (Lipinski definition) is 2. The van der Waals surface area contributed by atoms with Crippen molar-refractivity contribution < 1.29 is 19.7 Å². The summed E-state index contributed by atoms with van der Waals surface area (Å²) in [7, 11) is 1.68. The van der Waals surface area contributed by atoms with Crippen LogP contribution in [0.1, 0.15) is 17.5 Å². The van der Waals surface area contributed by atoms with Crippen LogP contribution in [0.5, 0.6) is 23.0 Å². The summed E-state index contributed by atoms with van der Waals surface area (Å²) in [6, 6.07) is 22.0. The fourth-order valence-electron chi connectivity index (χ4n) is 2.54. The van der Waals surface area contributed by atoms with Gasteiger partial charge in [-0.3, -0.25) is 0 Å². The van der Waals surface area contributed by atoms with Gasteiger partial charge in [0.2, 0.25) is 0 Å². The lowest BCUT2D eigenvalue weighted by molar-refractivity contribution is 0.286. The smallest absolute Gasteiger partial charge is 0.126 e. The number of methoxy groups -OCH3 is 1. The number of hydrogen-bond acceptors (Lipinski definition) is 4. The van der Waals surface area contributed by atoms with E-state index in [9.17, 15) is 0 Å². The Morgan fingerprint density at radius 3 is 2.15 bits per heavy atom.